The number of benzene rings is 2. The number of carbonyl (C=O) groups excluding carboxylic acids is 1. The molecular formula is C27H30N6O2. The molecule has 4 aromatic rings. The van der Waals surface area contributed by atoms with Gasteiger partial charge in [0.25, 0.3) is 0 Å². The van der Waals surface area contributed by atoms with Gasteiger partial charge < -0.3 is 25.7 Å². The minimum Gasteiger partial charge on any atom is -0.408 e. The maximum Gasteiger partial charge on any atom is 0.410 e. The quantitative estimate of drug-likeness (QED) is 0.320. The summed E-state index contributed by atoms with van der Waals surface area (Å²) < 4.78 is 5.10. The standard InChI is InChI=1S/C27H30N6O2/c28-27(34)35-23-11-4-10-22-24(23)32-26(31-22)21-9-5-14-29-25(21)30-15-6-16-33-17-12-20(13-18-33)19-7-2-1-3-8-19/h1-5,7-11,14,20H,6,12-13,15-18H2,(H2,28,34)(H,29,30)(H,31,32). The summed E-state index contributed by atoms with van der Waals surface area (Å²) in [6.45, 7) is 4.17. The topological polar surface area (TPSA) is 109 Å². The lowest BCUT2D eigenvalue weighted by molar-refractivity contribution is 0.211. The van der Waals surface area contributed by atoms with Crippen LogP contribution < -0.4 is 15.8 Å². The van der Waals surface area contributed by atoms with Crippen LogP contribution in [0.3, 0.4) is 0 Å². The van der Waals surface area contributed by atoms with Crippen molar-refractivity contribution in [1.29, 1.82) is 0 Å². The molecule has 0 atom stereocenters. The zero-order valence-electron chi connectivity index (χ0n) is 19.6. The van der Waals surface area contributed by atoms with E-state index in [1.165, 1.54) is 18.4 Å². The number of amides is 1. The number of pyridine rings is 1. The summed E-state index contributed by atoms with van der Waals surface area (Å²) in [7, 11) is 0. The zero-order chi connectivity index (χ0) is 24.0. The molecule has 1 fully saturated rings. The Kier molecular flexibility index (Phi) is 6.90. The molecule has 0 saturated carbocycles. The highest BCUT2D eigenvalue weighted by molar-refractivity contribution is 5.88. The Balaban J connectivity index is 1.18. The van der Waals surface area contributed by atoms with Crippen LogP contribution in [0.5, 0.6) is 5.75 Å². The Hall–Kier alpha value is -3.91. The van der Waals surface area contributed by atoms with Crippen LogP contribution in [0.15, 0.2) is 66.9 Å². The van der Waals surface area contributed by atoms with Gasteiger partial charge in [-0.1, -0.05) is 36.4 Å². The highest BCUT2D eigenvalue weighted by Gasteiger charge is 2.20. The summed E-state index contributed by atoms with van der Waals surface area (Å²) >= 11 is 0. The van der Waals surface area contributed by atoms with Gasteiger partial charge in [0.2, 0.25) is 0 Å². The van der Waals surface area contributed by atoms with Gasteiger partial charge in [-0.2, -0.15) is 0 Å². The van der Waals surface area contributed by atoms with Gasteiger partial charge in [-0.15, -0.1) is 0 Å². The number of aromatic nitrogens is 3. The maximum absolute atomic E-state index is 11.2. The number of aromatic amines is 1. The van der Waals surface area contributed by atoms with Crippen molar-refractivity contribution in [2.75, 3.05) is 31.5 Å². The summed E-state index contributed by atoms with van der Waals surface area (Å²) in [4.78, 5) is 26.3. The number of likely N-dealkylation sites (tertiary alicyclic amines) is 1. The van der Waals surface area contributed by atoms with Gasteiger partial charge in [0.05, 0.1) is 11.1 Å². The van der Waals surface area contributed by atoms with E-state index < -0.39 is 6.09 Å². The third-order valence-corrected chi connectivity index (χ3v) is 6.55. The van der Waals surface area contributed by atoms with Crippen LogP contribution in [0.25, 0.3) is 22.4 Å². The van der Waals surface area contributed by atoms with Gasteiger partial charge in [0, 0.05) is 12.7 Å². The second kappa shape index (κ2) is 10.6. The number of anilines is 1. The molecule has 1 aliphatic rings. The van der Waals surface area contributed by atoms with Crippen molar-refractivity contribution in [1.82, 2.24) is 19.9 Å². The second-order valence-electron chi connectivity index (χ2n) is 8.87. The molecule has 1 aliphatic heterocycles. The van der Waals surface area contributed by atoms with Crippen molar-refractivity contribution < 1.29 is 9.53 Å². The monoisotopic (exact) mass is 470 g/mol. The van der Waals surface area contributed by atoms with Crippen LogP contribution in [0.4, 0.5) is 10.6 Å². The second-order valence-corrected chi connectivity index (χ2v) is 8.87. The van der Waals surface area contributed by atoms with Crippen LogP contribution >= 0.6 is 0 Å². The van der Waals surface area contributed by atoms with Gasteiger partial charge in [0.15, 0.2) is 5.75 Å². The summed E-state index contributed by atoms with van der Waals surface area (Å²) in [5, 5.41) is 3.47. The van der Waals surface area contributed by atoms with E-state index in [9.17, 15) is 4.79 Å². The largest absolute Gasteiger partial charge is 0.410 e. The average molecular weight is 471 g/mol. The number of para-hydroxylation sites is 1. The predicted molar refractivity (Wildman–Crippen MR) is 137 cm³/mol. The number of hydrogen-bond donors (Lipinski definition) is 3. The third-order valence-electron chi connectivity index (χ3n) is 6.55. The number of nitrogens with one attached hydrogen (secondary N) is 2. The molecule has 4 N–H and O–H groups in total. The minimum absolute atomic E-state index is 0.326. The van der Waals surface area contributed by atoms with E-state index in [4.69, 9.17) is 10.5 Å². The number of carbonyl (C=O) groups is 1. The van der Waals surface area contributed by atoms with Gasteiger partial charge in [-0.25, -0.2) is 14.8 Å². The number of piperidine rings is 1. The number of ether oxygens (including phenoxy) is 1. The molecule has 8 nitrogen and oxygen atoms in total. The number of hydrogen-bond acceptors (Lipinski definition) is 6. The summed E-state index contributed by atoms with van der Waals surface area (Å²) in [5.74, 6) is 2.43. The molecule has 0 bridgehead atoms. The van der Waals surface area contributed by atoms with Crippen molar-refractivity contribution in [2.45, 2.75) is 25.2 Å². The van der Waals surface area contributed by atoms with E-state index in [0.717, 1.165) is 49.5 Å². The van der Waals surface area contributed by atoms with Gasteiger partial charge in [-0.05, 0) is 74.6 Å². The fourth-order valence-corrected chi connectivity index (χ4v) is 4.79. The van der Waals surface area contributed by atoms with Crippen molar-refractivity contribution in [3.63, 3.8) is 0 Å². The molecule has 2 aromatic heterocycles. The van der Waals surface area contributed by atoms with E-state index in [-0.39, 0.29) is 0 Å². The fourth-order valence-electron chi connectivity index (χ4n) is 4.79. The van der Waals surface area contributed by atoms with Crippen LogP contribution in [0.2, 0.25) is 0 Å². The van der Waals surface area contributed by atoms with E-state index in [1.807, 2.05) is 18.2 Å². The molecule has 5 rings (SSSR count). The molecule has 35 heavy (non-hydrogen) atoms. The Morgan fingerprint density at radius 3 is 2.71 bits per heavy atom. The highest BCUT2D eigenvalue weighted by Crippen LogP contribution is 2.30. The average Bonchev–Trinajstić information content (AvgIpc) is 3.33. The number of nitrogens with two attached hydrogens (primary N) is 1. The first kappa shape index (κ1) is 22.9. The molecule has 0 unspecified atom stereocenters. The number of primary amides is 1. The molecule has 2 aromatic carbocycles. The first-order chi connectivity index (χ1) is 17.2. The Morgan fingerprint density at radius 1 is 1.09 bits per heavy atom. The van der Waals surface area contributed by atoms with Crippen molar-refractivity contribution in [3.8, 4) is 17.1 Å². The number of fused-ring (bicyclic) bond motifs is 1. The minimum atomic E-state index is -0.866. The summed E-state index contributed by atoms with van der Waals surface area (Å²) in [5.41, 5.74) is 8.82. The van der Waals surface area contributed by atoms with Crippen LogP contribution in [0, 0.1) is 0 Å². The van der Waals surface area contributed by atoms with E-state index in [0.29, 0.717) is 23.0 Å². The van der Waals surface area contributed by atoms with Crippen molar-refractivity contribution >= 4 is 22.9 Å². The van der Waals surface area contributed by atoms with Crippen molar-refractivity contribution in [2.24, 2.45) is 5.73 Å². The maximum atomic E-state index is 11.2. The first-order valence-electron chi connectivity index (χ1n) is 12.1. The molecule has 0 radical (unpaired) electrons. The molecule has 0 aliphatic carbocycles. The molecule has 0 spiro atoms. The van der Waals surface area contributed by atoms with Gasteiger partial charge in [-0.3, -0.25) is 0 Å². The SMILES string of the molecule is NC(=O)Oc1cccc2[nH]c(-c3cccnc3NCCCN3CCC(c4ccccc4)CC3)nc12. The summed E-state index contributed by atoms with van der Waals surface area (Å²) in [6, 6.07) is 20.0. The Bertz CT molecular complexity index is 1280. The number of imidazole rings is 1. The van der Waals surface area contributed by atoms with E-state index in [2.05, 4.69) is 55.5 Å². The molecule has 180 valence electrons. The van der Waals surface area contributed by atoms with E-state index >= 15 is 0 Å². The molecule has 1 amide bonds. The zero-order valence-corrected chi connectivity index (χ0v) is 19.6. The molecule has 1 saturated heterocycles. The van der Waals surface area contributed by atoms with Gasteiger partial charge >= 0.3 is 6.09 Å². The van der Waals surface area contributed by atoms with Crippen LogP contribution in [-0.2, 0) is 0 Å². The molecule has 3 heterocycles. The normalized spacial score (nSPS) is 14.7. The predicted octanol–water partition coefficient (Wildman–Crippen LogP) is 4.76. The molecular weight excluding hydrogens is 440 g/mol. The lowest BCUT2D eigenvalue weighted by Gasteiger charge is -2.32. The van der Waals surface area contributed by atoms with Gasteiger partial charge in [0.1, 0.15) is 17.2 Å². The Morgan fingerprint density at radius 2 is 1.91 bits per heavy atom. The first-order valence-corrected chi connectivity index (χ1v) is 12.1. The number of H-pyrrole nitrogens is 1. The Labute approximate surface area is 204 Å². The fraction of sp³-hybridized carbons (Fsp3) is 0.296. The smallest absolute Gasteiger partial charge is 0.408 e. The lowest BCUT2D eigenvalue weighted by Crippen LogP contribution is -2.34. The summed E-state index contributed by atoms with van der Waals surface area (Å²) in [6.07, 6.45) is 4.37. The molecule has 8 heteroatoms. The van der Waals surface area contributed by atoms with Crippen LogP contribution in [-0.4, -0.2) is 52.1 Å². The van der Waals surface area contributed by atoms with Crippen LogP contribution in [0.1, 0.15) is 30.7 Å². The highest BCUT2D eigenvalue weighted by atomic mass is 16.5. The third kappa shape index (κ3) is 5.44. The van der Waals surface area contributed by atoms with Crippen molar-refractivity contribution in [3.05, 3.63) is 72.4 Å². The number of nitrogens with zero attached hydrogens (tertiary/aromatic N) is 3. The lowest BCUT2D eigenvalue weighted by atomic mass is 9.89. The van der Waals surface area contributed by atoms with E-state index in [1.54, 1.807) is 18.3 Å². The number of rotatable bonds is 8.